The van der Waals surface area contributed by atoms with Crippen LogP contribution < -0.4 is 0 Å². The van der Waals surface area contributed by atoms with E-state index in [2.05, 4.69) is 31.0 Å². The van der Waals surface area contributed by atoms with Gasteiger partial charge in [-0.15, -0.1) is 0 Å². The van der Waals surface area contributed by atoms with Crippen molar-refractivity contribution in [1.29, 1.82) is 0 Å². The van der Waals surface area contributed by atoms with Crippen molar-refractivity contribution < 1.29 is 9.18 Å². The van der Waals surface area contributed by atoms with Crippen molar-refractivity contribution in [3.8, 4) is 0 Å². The fourth-order valence-corrected chi connectivity index (χ4v) is 4.19. The van der Waals surface area contributed by atoms with Crippen LogP contribution in [-0.4, -0.2) is 61.4 Å². The molecule has 0 bridgehead atoms. The topological polar surface area (TPSA) is 59.2 Å². The number of benzene rings is 1. The van der Waals surface area contributed by atoms with Gasteiger partial charge >= 0.3 is 0 Å². The van der Waals surface area contributed by atoms with Crippen molar-refractivity contribution in [1.82, 2.24) is 29.4 Å². The minimum Gasteiger partial charge on any atom is -0.335 e. The molecule has 1 aliphatic rings. The Morgan fingerprint density at radius 1 is 1.16 bits per heavy atom. The highest BCUT2D eigenvalue weighted by atomic mass is 79.9. The summed E-state index contributed by atoms with van der Waals surface area (Å²) in [7, 11) is 0. The molecular weight excluding hydrogens is 487 g/mol. The summed E-state index contributed by atoms with van der Waals surface area (Å²) in [5.41, 5.74) is 2.83. The fourth-order valence-electron chi connectivity index (χ4n) is 3.68. The van der Waals surface area contributed by atoms with Crippen LogP contribution in [0.25, 0.3) is 0 Å². The van der Waals surface area contributed by atoms with Crippen molar-refractivity contribution in [3.05, 3.63) is 68.4 Å². The quantitative estimate of drug-likeness (QED) is 0.526. The fraction of sp³-hybridized carbons (Fsp3) is 0.381. The Balaban J connectivity index is 1.35. The van der Waals surface area contributed by atoms with Gasteiger partial charge in [0.1, 0.15) is 18.2 Å². The molecule has 1 aliphatic heterocycles. The zero-order valence-electron chi connectivity index (χ0n) is 17.4. The summed E-state index contributed by atoms with van der Waals surface area (Å²) in [6.07, 6.45) is 1.79. The Labute approximate surface area is 193 Å². The number of amides is 1. The van der Waals surface area contributed by atoms with Crippen LogP contribution in [0.1, 0.15) is 27.4 Å². The standard InChI is InChI=1S/C21H23BrClFN6O/c1-14-20(22)15(2)30(25-14)13-29-7-6-19(26-29)21(31)28-10-8-27(9-11-28)12-16-17(23)4-3-5-18(16)24/h3-7H,8-13H2,1-2H3. The van der Waals surface area contributed by atoms with E-state index in [9.17, 15) is 9.18 Å². The Bertz CT molecular complexity index is 1090. The van der Waals surface area contributed by atoms with Crippen LogP contribution in [0.3, 0.4) is 0 Å². The van der Waals surface area contributed by atoms with E-state index in [1.807, 2.05) is 18.5 Å². The summed E-state index contributed by atoms with van der Waals surface area (Å²) in [6.45, 7) is 7.19. The van der Waals surface area contributed by atoms with E-state index < -0.39 is 0 Å². The van der Waals surface area contributed by atoms with Gasteiger partial charge in [0.05, 0.1) is 15.9 Å². The molecule has 1 aromatic carbocycles. The summed E-state index contributed by atoms with van der Waals surface area (Å²) in [5, 5.41) is 9.34. The normalized spacial score (nSPS) is 14.9. The van der Waals surface area contributed by atoms with Gasteiger partial charge in [-0.1, -0.05) is 17.7 Å². The van der Waals surface area contributed by atoms with Gasteiger partial charge < -0.3 is 4.90 Å². The molecule has 0 N–H and O–H groups in total. The summed E-state index contributed by atoms with van der Waals surface area (Å²) in [6, 6.07) is 6.45. The van der Waals surface area contributed by atoms with Crippen LogP contribution in [0.4, 0.5) is 4.39 Å². The second-order valence-corrected chi connectivity index (χ2v) is 8.83. The van der Waals surface area contributed by atoms with Crippen LogP contribution in [0.2, 0.25) is 5.02 Å². The summed E-state index contributed by atoms with van der Waals surface area (Å²) in [4.78, 5) is 16.8. The number of hydrogen-bond acceptors (Lipinski definition) is 4. The van der Waals surface area contributed by atoms with E-state index >= 15 is 0 Å². The number of carbonyl (C=O) groups is 1. The number of piperazine rings is 1. The molecule has 0 radical (unpaired) electrons. The van der Waals surface area contributed by atoms with Crippen molar-refractivity contribution in [2.24, 2.45) is 0 Å². The third-order valence-corrected chi connectivity index (χ3v) is 7.04. The van der Waals surface area contributed by atoms with Gasteiger partial charge in [-0.25, -0.2) is 9.07 Å². The van der Waals surface area contributed by atoms with Crippen molar-refractivity contribution >= 4 is 33.4 Å². The van der Waals surface area contributed by atoms with Crippen LogP contribution in [0, 0.1) is 19.7 Å². The largest absolute Gasteiger partial charge is 0.335 e. The Kier molecular flexibility index (Phi) is 6.45. The predicted molar refractivity (Wildman–Crippen MR) is 120 cm³/mol. The molecule has 164 valence electrons. The molecular formula is C21H23BrClFN6O. The maximum atomic E-state index is 14.0. The number of halogens is 3. The molecule has 3 aromatic rings. The summed E-state index contributed by atoms with van der Waals surface area (Å²) in [5.74, 6) is -0.400. The Morgan fingerprint density at radius 3 is 2.55 bits per heavy atom. The van der Waals surface area contributed by atoms with Gasteiger partial charge in [0, 0.05) is 49.5 Å². The molecule has 31 heavy (non-hydrogen) atoms. The highest BCUT2D eigenvalue weighted by molar-refractivity contribution is 9.10. The smallest absolute Gasteiger partial charge is 0.274 e. The number of carbonyl (C=O) groups excluding carboxylic acids is 1. The molecule has 0 atom stereocenters. The number of rotatable bonds is 5. The van der Waals surface area contributed by atoms with Crippen molar-refractivity contribution in [2.45, 2.75) is 27.1 Å². The number of nitrogens with zero attached hydrogens (tertiary/aromatic N) is 6. The lowest BCUT2D eigenvalue weighted by Gasteiger charge is -2.34. The third kappa shape index (κ3) is 4.68. The van der Waals surface area contributed by atoms with Crippen LogP contribution in [0.15, 0.2) is 34.9 Å². The average molecular weight is 510 g/mol. The minimum atomic E-state index is -0.300. The first-order chi connectivity index (χ1) is 14.8. The molecule has 0 spiro atoms. The molecule has 4 rings (SSSR count). The molecule has 1 saturated heterocycles. The number of hydrogen-bond donors (Lipinski definition) is 0. The van der Waals surface area contributed by atoms with E-state index in [1.54, 1.807) is 34.0 Å². The lowest BCUT2D eigenvalue weighted by Crippen LogP contribution is -2.48. The first-order valence-corrected chi connectivity index (χ1v) is 11.2. The van der Waals surface area contributed by atoms with Gasteiger partial charge in [-0.2, -0.15) is 10.2 Å². The molecule has 0 saturated carbocycles. The molecule has 0 unspecified atom stereocenters. The molecule has 3 heterocycles. The van der Waals surface area contributed by atoms with Gasteiger partial charge in [0.15, 0.2) is 0 Å². The summed E-state index contributed by atoms with van der Waals surface area (Å²) >= 11 is 9.66. The van der Waals surface area contributed by atoms with Crippen LogP contribution in [0.5, 0.6) is 0 Å². The van der Waals surface area contributed by atoms with E-state index in [0.29, 0.717) is 55.7 Å². The second kappa shape index (κ2) is 9.10. The average Bonchev–Trinajstić information content (AvgIpc) is 3.32. The molecule has 7 nitrogen and oxygen atoms in total. The highest BCUT2D eigenvalue weighted by Gasteiger charge is 2.25. The third-order valence-electron chi connectivity index (χ3n) is 5.53. The van der Waals surface area contributed by atoms with Crippen LogP contribution in [-0.2, 0) is 13.2 Å². The SMILES string of the molecule is Cc1nn(Cn2ccc(C(=O)N3CCN(Cc4c(F)cccc4Cl)CC3)n2)c(C)c1Br. The van der Waals surface area contributed by atoms with Gasteiger partial charge in [-0.3, -0.25) is 14.4 Å². The first-order valence-electron chi connectivity index (χ1n) is 10.0. The van der Waals surface area contributed by atoms with E-state index in [4.69, 9.17) is 11.6 Å². The van der Waals surface area contributed by atoms with Gasteiger partial charge in [0.2, 0.25) is 0 Å². The lowest BCUT2D eigenvalue weighted by atomic mass is 10.1. The number of aryl methyl sites for hydroxylation is 1. The molecule has 10 heteroatoms. The molecule has 1 fully saturated rings. The van der Waals surface area contributed by atoms with Crippen LogP contribution >= 0.6 is 27.5 Å². The minimum absolute atomic E-state index is 0.100. The highest BCUT2D eigenvalue weighted by Crippen LogP contribution is 2.22. The summed E-state index contributed by atoms with van der Waals surface area (Å²) < 4.78 is 18.6. The zero-order valence-corrected chi connectivity index (χ0v) is 19.7. The van der Waals surface area contributed by atoms with E-state index in [1.165, 1.54) is 6.07 Å². The van der Waals surface area contributed by atoms with Crippen molar-refractivity contribution in [3.63, 3.8) is 0 Å². The van der Waals surface area contributed by atoms with Crippen molar-refractivity contribution in [2.75, 3.05) is 26.2 Å². The first kappa shape index (κ1) is 22.0. The van der Waals surface area contributed by atoms with E-state index in [-0.39, 0.29) is 11.7 Å². The maximum Gasteiger partial charge on any atom is 0.274 e. The molecule has 0 aliphatic carbocycles. The van der Waals surface area contributed by atoms with E-state index in [0.717, 1.165) is 15.9 Å². The monoisotopic (exact) mass is 508 g/mol. The molecule has 1 amide bonds. The Hall–Kier alpha value is -2.23. The number of aromatic nitrogens is 4. The maximum absolute atomic E-state index is 14.0. The zero-order chi connectivity index (χ0) is 22.1. The Morgan fingerprint density at radius 2 is 1.90 bits per heavy atom. The van der Waals surface area contributed by atoms with Gasteiger partial charge in [0.25, 0.3) is 5.91 Å². The molecule has 2 aromatic heterocycles. The van der Waals surface area contributed by atoms with Gasteiger partial charge in [-0.05, 0) is 48.0 Å². The lowest BCUT2D eigenvalue weighted by molar-refractivity contribution is 0.0620. The second-order valence-electron chi connectivity index (χ2n) is 7.63. The predicted octanol–water partition coefficient (Wildman–Crippen LogP) is 3.72.